The molecule has 0 unspecified atom stereocenters. The third-order valence-corrected chi connectivity index (χ3v) is 5.06. The number of hydrogen-bond donors (Lipinski definition) is 1. The molecule has 24 heavy (non-hydrogen) atoms. The fraction of sp³-hybridized carbons (Fsp3) is 0.263. The highest BCUT2D eigenvalue weighted by Crippen LogP contribution is 2.31. The van der Waals surface area contributed by atoms with E-state index in [0.29, 0.717) is 23.6 Å². The maximum absolute atomic E-state index is 12.5. The van der Waals surface area contributed by atoms with E-state index in [-0.39, 0.29) is 11.7 Å². The van der Waals surface area contributed by atoms with Crippen LogP contribution in [0, 0.1) is 0 Å². The van der Waals surface area contributed by atoms with Gasteiger partial charge in [-0.3, -0.25) is 9.59 Å². The standard InChI is InChI=1S/C19H20N2O2S/c20-16-9-4-10-17-15(16)8-5-11-21(17)19(23)13-24-12-18(22)14-6-2-1-3-7-14/h1-4,6-7,9-10H,5,8,11-13,20H2. The third kappa shape index (κ3) is 3.62. The van der Waals surface area contributed by atoms with Gasteiger partial charge in [0.2, 0.25) is 5.91 Å². The Morgan fingerprint density at radius 1 is 1.04 bits per heavy atom. The van der Waals surface area contributed by atoms with Crippen molar-refractivity contribution in [2.45, 2.75) is 12.8 Å². The molecule has 4 nitrogen and oxygen atoms in total. The van der Waals surface area contributed by atoms with Crippen molar-refractivity contribution in [1.82, 2.24) is 0 Å². The number of nitrogen functional groups attached to an aromatic ring is 1. The van der Waals surface area contributed by atoms with Crippen LogP contribution in [0.4, 0.5) is 11.4 Å². The SMILES string of the molecule is Nc1cccc2c1CCCN2C(=O)CSCC(=O)c1ccccc1. The van der Waals surface area contributed by atoms with Gasteiger partial charge >= 0.3 is 0 Å². The Labute approximate surface area is 146 Å². The maximum atomic E-state index is 12.5. The highest BCUT2D eigenvalue weighted by atomic mass is 32.2. The van der Waals surface area contributed by atoms with Crippen molar-refractivity contribution in [2.75, 3.05) is 28.7 Å². The Hall–Kier alpha value is -2.27. The summed E-state index contributed by atoms with van der Waals surface area (Å²) in [4.78, 5) is 26.4. The Bertz CT molecular complexity index is 746. The van der Waals surface area contributed by atoms with Crippen LogP contribution in [0.5, 0.6) is 0 Å². The van der Waals surface area contributed by atoms with Crippen molar-refractivity contribution in [3.05, 3.63) is 59.7 Å². The summed E-state index contributed by atoms with van der Waals surface area (Å²) < 4.78 is 0. The van der Waals surface area contributed by atoms with E-state index in [4.69, 9.17) is 5.73 Å². The van der Waals surface area contributed by atoms with Crippen molar-refractivity contribution >= 4 is 34.8 Å². The van der Waals surface area contributed by atoms with Crippen LogP contribution in [0.3, 0.4) is 0 Å². The lowest BCUT2D eigenvalue weighted by Gasteiger charge is -2.30. The molecule has 0 saturated carbocycles. The minimum absolute atomic E-state index is 0.0346. The number of hydrogen-bond acceptors (Lipinski definition) is 4. The van der Waals surface area contributed by atoms with Crippen LogP contribution in [-0.4, -0.2) is 29.7 Å². The van der Waals surface area contributed by atoms with E-state index in [0.717, 1.165) is 29.8 Å². The van der Waals surface area contributed by atoms with E-state index in [2.05, 4.69) is 0 Å². The van der Waals surface area contributed by atoms with E-state index >= 15 is 0 Å². The molecule has 1 amide bonds. The first kappa shape index (κ1) is 16.6. The Morgan fingerprint density at radius 2 is 1.83 bits per heavy atom. The second-order valence-electron chi connectivity index (χ2n) is 5.78. The number of thioether (sulfide) groups is 1. The topological polar surface area (TPSA) is 63.4 Å². The molecule has 0 saturated heterocycles. The van der Waals surface area contributed by atoms with Gasteiger partial charge in [-0.25, -0.2) is 0 Å². The van der Waals surface area contributed by atoms with Gasteiger partial charge in [0.05, 0.1) is 11.5 Å². The van der Waals surface area contributed by atoms with Gasteiger partial charge in [0.15, 0.2) is 5.78 Å². The summed E-state index contributed by atoms with van der Waals surface area (Å²) in [6.07, 6.45) is 1.83. The van der Waals surface area contributed by atoms with Crippen molar-refractivity contribution in [3.8, 4) is 0 Å². The van der Waals surface area contributed by atoms with E-state index in [1.807, 2.05) is 36.4 Å². The highest BCUT2D eigenvalue weighted by Gasteiger charge is 2.23. The van der Waals surface area contributed by atoms with Crippen LogP contribution >= 0.6 is 11.8 Å². The quantitative estimate of drug-likeness (QED) is 0.671. The Morgan fingerprint density at radius 3 is 2.62 bits per heavy atom. The van der Waals surface area contributed by atoms with Crippen LogP contribution in [0.15, 0.2) is 48.5 Å². The summed E-state index contributed by atoms with van der Waals surface area (Å²) >= 11 is 1.36. The third-order valence-electron chi connectivity index (χ3n) is 4.14. The number of Topliss-reactive ketones (excluding diaryl/α,β-unsaturated/α-hetero) is 1. The molecule has 0 fully saturated rings. The molecule has 1 aliphatic rings. The summed E-state index contributed by atoms with van der Waals surface area (Å²) in [5.74, 6) is 0.698. The molecule has 1 heterocycles. The second kappa shape index (κ2) is 7.53. The fourth-order valence-corrected chi connectivity index (χ4v) is 3.71. The summed E-state index contributed by atoms with van der Waals surface area (Å²) in [5, 5.41) is 0. The van der Waals surface area contributed by atoms with Crippen LogP contribution in [0.2, 0.25) is 0 Å². The molecular formula is C19H20N2O2S. The molecule has 1 aliphatic heterocycles. The molecule has 5 heteroatoms. The predicted octanol–water partition coefficient (Wildman–Crippen LogP) is 3.16. The number of nitrogens with two attached hydrogens (primary N) is 1. The number of rotatable bonds is 5. The summed E-state index contributed by atoms with van der Waals surface area (Å²) in [5.41, 5.74) is 9.43. The zero-order chi connectivity index (χ0) is 16.9. The van der Waals surface area contributed by atoms with Crippen molar-refractivity contribution < 1.29 is 9.59 Å². The summed E-state index contributed by atoms with van der Waals surface area (Å²) in [6, 6.07) is 14.9. The van der Waals surface area contributed by atoms with Crippen LogP contribution in [-0.2, 0) is 11.2 Å². The van der Waals surface area contributed by atoms with E-state index in [9.17, 15) is 9.59 Å². The molecule has 2 aromatic rings. The lowest BCUT2D eigenvalue weighted by atomic mass is 10.00. The smallest absolute Gasteiger partial charge is 0.236 e. The molecule has 124 valence electrons. The first-order chi connectivity index (χ1) is 11.7. The average Bonchev–Trinajstić information content (AvgIpc) is 2.62. The zero-order valence-corrected chi connectivity index (χ0v) is 14.2. The minimum Gasteiger partial charge on any atom is -0.398 e. The van der Waals surface area contributed by atoms with Gasteiger partial charge in [0.25, 0.3) is 0 Å². The average molecular weight is 340 g/mol. The first-order valence-electron chi connectivity index (χ1n) is 8.00. The molecule has 0 radical (unpaired) electrons. The number of fused-ring (bicyclic) bond motifs is 1. The lowest BCUT2D eigenvalue weighted by molar-refractivity contribution is -0.116. The number of anilines is 2. The fourth-order valence-electron chi connectivity index (χ4n) is 2.93. The monoisotopic (exact) mass is 340 g/mol. The van der Waals surface area contributed by atoms with Crippen LogP contribution in [0.25, 0.3) is 0 Å². The highest BCUT2D eigenvalue weighted by molar-refractivity contribution is 8.00. The maximum Gasteiger partial charge on any atom is 0.236 e. The Kier molecular flexibility index (Phi) is 5.20. The van der Waals surface area contributed by atoms with Crippen molar-refractivity contribution in [3.63, 3.8) is 0 Å². The number of carbonyl (C=O) groups is 2. The van der Waals surface area contributed by atoms with E-state index < -0.39 is 0 Å². The normalized spacial score (nSPS) is 13.4. The zero-order valence-electron chi connectivity index (χ0n) is 13.4. The molecule has 0 aromatic heterocycles. The minimum atomic E-state index is 0.0346. The summed E-state index contributed by atoms with van der Waals surface area (Å²) in [7, 11) is 0. The van der Waals surface area contributed by atoms with E-state index in [1.54, 1.807) is 17.0 Å². The van der Waals surface area contributed by atoms with Gasteiger partial charge < -0.3 is 10.6 Å². The van der Waals surface area contributed by atoms with Gasteiger partial charge in [-0.1, -0.05) is 36.4 Å². The van der Waals surface area contributed by atoms with Crippen molar-refractivity contribution in [2.24, 2.45) is 0 Å². The predicted molar refractivity (Wildman–Crippen MR) is 99.6 cm³/mol. The molecule has 2 aromatic carbocycles. The number of carbonyl (C=O) groups excluding carboxylic acids is 2. The van der Waals surface area contributed by atoms with Gasteiger partial charge in [-0.15, -0.1) is 11.8 Å². The molecule has 3 rings (SSSR count). The second-order valence-corrected chi connectivity index (χ2v) is 6.76. The van der Waals surface area contributed by atoms with Gasteiger partial charge in [0, 0.05) is 23.5 Å². The van der Waals surface area contributed by atoms with Gasteiger partial charge in [-0.2, -0.15) is 0 Å². The lowest BCUT2D eigenvalue weighted by Crippen LogP contribution is -2.37. The van der Waals surface area contributed by atoms with Gasteiger partial charge in [0.1, 0.15) is 0 Å². The molecular weight excluding hydrogens is 320 g/mol. The number of ketones is 1. The molecule has 2 N–H and O–H groups in total. The number of amides is 1. The molecule has 0 bridgehead atoms. The number of benzene rings is 2. The van der Waals surface area contributed by atoms with Crippen LogP contribution < -0.4 is 10.6 Å². The summed E-state index contributed by atoms with van der Waals surface area (Å²) in [6.45, 7) is 0.711. The molecule has 0 atom stereocenters. The molecule has 0 spiro atoms. The van der Waals surface area contributed by atoms with Crippen molar-refractivity contribution in [1.29, 1.82) is 0 Å². The first-order valence-corrected chi connectivity index (χ1v) is 9.16. The van der Waals surface area contributed by atoms with Gasteiger partial charge in [-0.05, 0) is 30.5 Å². The number of nitrogens with zero attached hydrogens (tertiary/aromatic N) is 1. The molecule has 0 aliphatic carbocycles. The van der Waals surface area contributed by atoms with E-state index in [1.165, 1.54) is 11.8 Å². The largest absolute Gasteiger partial charge is 0.398 e. The van der Waals surface area contributed by atoms with Crippen LogP contribution in [0.1, 0.15) is 22.3 Å². The Balaban J connectivity index is 1.59.